The van der Waals surface area contributed by atoms with Gasteiger partial charge in [0, 0.05) is 4.47 Å². The summed E-state index contributed by atoms with van der Waals surface area (Å²) in [5.41, 5.74) is 1.27. The zero-order valence-corrected chi connectivity index (χ0v) is 14.0. The van der Waals surface area contributed by atoms with Gasteiger partial charge in [-0.05, 0) is 61.0 Å². The maximum absolute atomic E-state index is 13.4. The molecule has 1 atom stereocenters. The van der Waals surface area contributed by atoms with Crippen molar-refractivity contribution in [2.75, 3.05) is 13.1 Å². The summed E-state index contributed by atoms with van der Waals surface area (Å²) in [6.07, 6.45) is 2.04. The first kappa shape index (κ1) is 16.6. The van der Waals surface area contributed by atoms with Gasteiger partial charge in [0.2, 0.25) is 0 Å². The average molecular weight is 330 g/mol. The highest BCUT2D eigenvalue weighted by molar-refractivity contribution is 9.10. The Morgan fingerprint density at radius 1 is 1.26 bits per heavy atom. The van der Waals surface area contributed by atoms with Crippen molar-refractivity contribution in [2.45, 2.75) is 40.5 Å². The highest BCUT2D eigenvalue weighted by atomic mass is 79.9. The summed E-state index contributed by atoms with van der Waals surface area (Å²) in [5, 5.41) is 3.49. The summed E-state index contributed by atoms with van der Waals surface area (Å²) in [5.74, 6) is 0.325. The van der Waals surface area contributed by atoms with Gasteiger partial charge in [0.05, 0.1) is 0 Å². The number of nitrogens with one attached hydrogen (secondary N) is 1. The third-order valence-electron chi connectivity index (χ3n) is 3.45. The SMILES string of the molecule is CCCNCC(Cc1cc(F)cc(Br)c1)C(C)(C)C. The van der Waals surface area contributed by atoms with Crippen LogP contribution in [0.3, 0.4) is 0 Å². The highest BCUT2D eigenvalue weighted by Crippen LogP contribution is 2.29. The van der Waals surface area contributed by atoms with Crippen LogP contribution in [-0.2, 0) is 6.42 Å². The molecule has 1 nitrogen and oxygen atoms in total. The van der Waals surface area contributed by atoms with Gasteiger partial charge in [-0.15, -0.1) is 0 Å². The zero-order valence-electron chi connectivity index (χ0n) is 12.4. The monoisotopic (exact) mass is 329 g/mol. The van der Waals surface area contributed by atoms with Crippen molar-refractivity contribution < 1.29 is 4.39 Å². The van der Waals surface area contributed by atoms with E-state index in [0.29, 0.717) is 5.92 Å². The van der Waals surface area contributed by atoms with Crippen LogP contribution in [0.1, 0.15) is 39.7 Å². The highest BCUT2D eigenvalue weighted by Gasteiger charge is 2.24. The number of halogens is 2. The minimum atomic E-state index is -0.168. The molecule has 0 fully saturated rings. The lowest BCUT2D eigenvalue weighted by Gasteiger charge is -2.31. The van der Waals surface area contributed by atoms with Crippen LogP contribution in [0.25, 0.3) is 0 Å². The number of benzene rings is 1. The molecule has 0 spiro atoms. The van der Waals surface area contributed by atoms with Crippen LogP contribution in [0.15, 0.2) is 22.7 Å². The summed E-state index contributed by atoms with van der Waals surface area (Å²) in [7, 11) is 0. The lowest BCUT2D eigenvalue weighted by atomic mass is 9.77. The van der Waals surface area contributed by atoms with Crippen LogP contribution in [0, 0.1) is 17.2 Å². The van der Waals surface area contributed by atoms with Crippen molar-refractivity contribution in [1.82, 2.24) is 5.32 Å². The molecule has 0 aliphatic heterocycles. The van der Waals surface area contributed by atoms with Crippen LogP contribution >= 0.6 is 15.9 Å². The molecule has 0 amide bonds. The fourth-order valence-corrected chi connectivity index (χ4v) is 2.66. The Bertz CT molecular complexity index is 378. The Hall–Kier alpha value is -0.410. The van der Waals surface area contributed by atoms with Gasteiger partial charge in [-0.3, -0.25) is 0 Å². The molecule has 0 aliphatic carbocycles. The van der Waals surface area contributed by atoms with E-state index in [9.17, 15) is 4.39 Å². The van der Waals surface area contributed by atoms with Crippen molar-refractivity contribution in [3.63, 3.8) is 0 Å². The first-order valence-corrected chi connectivity index (χ1v) is 7.78. The van der Waals surface area contributed by atoms with Crippen molar-refractivity contribution in [3.8, 4) is 0 Å². The molecule has 1 rings (SSSR count). The van der Waals surface area contributed by atoms with Crippen molar-refractivity contribution in [1.29, 1.82) is 0 Å². The molecule has 0 saturated carbocycles. The Morgan fingerprint density at radius 2 is 1.95 bits per heavy atom. The Labute approximate surface area is 125 Å². The largest absolute Gasteiger partial charge is 0.316 e. The second-order valence-corrected chi connectivity index (χ2v) is 7.16. The quantitative estimate of drug-likeness (QED) is 0.739. The maximum atomic E-state index is 13.4. The van der Waals surface area contributed by atoms with E-state index in [1.54, 1.807) is 6.07 Å². The third kappa shape index (κ3) is 6.05. The molecule has 1 aromatic rings. The number of rotatable bonds is 6. The minimum absolute atomic E-state index is 0.168. The first-order chi connectivity index (χ1) is 8.82. The molecule has 0 aromatic heterocycles. The normalized spacial score (nSPS) is 13.6. The fourth-order valence-electron chi connectivity index (χ4n) is 2.15. The first-order valence-electron chi connectivity index (χ1n) is 6.98. The summed E-state index contributed by atoms with van der Waals surface area (Å²) in [4.78, 5) is 0. The Morgan fingerprint density at radius 3 is 2.47 bits per heavy atom. The van der Waals surface area contributed by atoms with E-state index in [0.717, 1.165) is 36.0 Å². The molecule has 108 valence electrons. The molecule has 0 saturated heterocycles. The second kappa shape index (κ2) is 7.39. The van der Waals surface area contributed by atoms with Crippen LogP contribution in [0.4, 0.5) is 4.39 Å². The summed E-state index contributed by atoms with van der Waals surface area (Å²) < 4.78 is 14.3. The molecule has 19 heavy (non-hydrogen) atoms. The molecule has 0 heterocycles. The third-order valence-corrected chi connectivity index (χ3v) is 3.90. The molecule has 0 bridgehead atoms. The molecule has 0 radical (unpaired) electrons. The predicted octanol–water partition coefficient (Wildman–Crippen LogP) is 4.79. The predicted molar refractivity (Wildman–Crippen MR) is 83.9 cm³/mol. The van der Waals surface area contributed by atoms with Gasteiger partial charge in [-0.1, -0.05) is 43.6 Å². The molecule has 1 unspecified atom stereocenters. The topological polar surface area (TPSA) is 12.0 Å². The minimum Gasteiger partial charge on any atom is -0.316 e. The van der Waals surface area contributed by atoms with Gasteiger partial charge in [-0.25, -0.2) is 4.39 Å². The van der Waals surface area contributed by atoms with Gasteiger partial charge < -0.3 is 5.32 Å². The van der Waals surface area contributed by atoms with Crippen molar-refractivity contribution in [3.05, 3.63) is 34.1 Å². The Kier molecular flexibility index (Phi) is 6.48. The van der Waals surface area contributed by atoms with E-state index in [2.05, 4.69) is 48.9 Å². The Balaban J connectivity index is 2.76. The molecule has 0 aliphatic rings. The van der Waals surface area contributed by atoms with E-state index >= 15 is 0 Å². The van der Waals surface area contributed by atoms with Crippen molar-refractivity contribution >= 4 is 15.9 Å². The standard InChI is InChI=1S/C16H25BrFN/c1-5-6-19-11-13(16(2,3)4)7-12-8-14(17)10-15(18)9-12/h8-10,13,19H,5-7,11H2,1-4H3. The molecule has 3 heteroatoms. The van der Waals surface area contributed by atoms with Gasteiger partial charge in [-0.2, -0.15) is 0 Å². The van der Waals surface area contributed by atoms with E-state index in [4.69, 9.17) is 0 Å². The zero-order chi connectivity index (χ0) is 14.5. The smallest absolute Gasteiger partial charge is 0.124 e. The lowest BCUT2D eigenvalue weighted by Crippen LogP contribution is -2.33. The van der Waals surface area contributed by atoms with Crippen LogP contribution in [0.5, 0.6) is 0 Å². The lowest BCUT2D eigenvalue weighted by molar-refractivity contribution is 0.231. The van der Waals surface area contributed by atoms with E-state index < -0.39 is 0 Å². The maximum Gasteiger partial charge on any atom is 0.124 e. The van der Waals surface area contributed by atoms with Gasteiger partial charge >= 0.3 is 0 Å². The van der Waals surface area contributed by atoms with E-state index in [-0.39, 0.29) is 11.2 Å². The van der Waals surface area contributed by atoms with Crippen LogP contribution in [0.2, 0.25) is 0 Å². The van der Waals surface area contributed by atoms with E-state index in [1.165, 1.54) is 6.07 Å². The molecule has 1 aromatic carbocycles. The van der Waals surface area contributed by atoms with Crippen LogP contribution < -0.4 is 5.32 Å². The second-order valence-electron chi connectivity index (χ2n) is 6.25. The summed E-state index contributed by atoms with van der Waals surface area (Å²) >= 11 is 3.36. The van der Waals surface area contributed by atoms with Crippen LogP contribution in [-0.4, -0.2) is 13.1 Å². The fraction of sp³-hybridized carbons (Fsp3) is 0.625. The summed E-state index contributed by atoms with van der Waals surface area (Å²) in [6.45, 7) is 10.9. The number of hydrogen-bond donors (Lipinski definition) is 1. The molecule has 1 N–H and O–H groups in total. The van der Waals surface area contributed by atoms with Crippen molar-refractivity contribution in [2.24, 2.45) is 11.3 Å². The van der Waals surface area contributed by atoms with Gasteiger partial charge in [0.25, 0.3) is 0 Å². The van der Waals surface area contributed by atoms with E-state index in [1.807, 2.05) is 6.07 Å². The average Bonchev–Trinajstić information content (AvgIpc) is 2.25. The summed E-state index contributed by atoms with van der Waals surface area (Å²) in [6, 6.07) is 5.16. The number of hydrogen-bond acceptors (Lipinski definition) is 1. The molecular weight excluding hydrogens is 305 g/mol. The molecular formula is C16H25BrFN. The van der Waals surface area contributed by atoms with Gasteiger partial charge in [0.15, 0.2) is 0 Å². The van der Waals surface area contributed by atoms with Gasteiger partial charge in [0.1, 0.15) is 5.82 Å².